The Kier molecular flexibility index (Phi) is 5.47. The van der Waals surface area contributed by atoms with Gasteiger partial charge < -0.3 is 14.8 Å². The first kappa shape index (κ1) is 17.8. The summed E-state index contributed by atoms with van der Waals surface area (Å²) in [4.78, 5) is 4.19. The van der Waals surface area contributed by atoms with Crippen LogP contribution in [0, 0.1) is 0 Å². The summed E-state index contributed by atoms with van der Waals surface area (Å²) in [5, 5.41) is 3.11. The molecule has 8 nitrogen and oxygen atoms in total. The van der Waals surface area contributed by atoms with Gasteiger partial charge in [-0.25, -0.2) is 4.98 Å². The first-order chi connectivity index (χ1) is 11.4. The number of rotatable bonds is 7. The summed E-state index contributed by atoms with van der Waals surface area (Å²) in [7, 11) is 2.48. The van der Waals surface area contributed by atoms with Crippen LogP contribution in [0.3, 0.4) is 0 Å². The van der Waals surface area contributed by atoms with E-state index in [1.165, 1.54) is 20.3 Å². The number of hydrogen-bond donors (Lipinski definition) is 2. The first-order valence-electron chi connectivity index (χ1n) is 7.01. The molecule has 1 aromatic carbocycles. The Morgan fingerprint density at radius 1 is 1.08 bits per heavy atom. The van der Waals surface area contributed by atoms with Gasteiger partial charge in [-0.2, -0.15) is 12.7 Å². The molecule has 0 saturated heterocycles. The standard InChI is InChI=1S/C15H20N4O4S/c1-19(2)24(20,21)18-11-5-8-15(16-10-11)17-13-7-6-12(22-3)9-14(13)23-4/h5-10,18H,1-4H3,(H,16,17). The Balaban J connectivity index is 2.15. The lowest BCUT2D eigenvalue weighted by atomic mass is 10.2. The van der Waals surface area contributed by atoms with Crippen LogP contribution in [0.2, 0.25) is 0 Å². The molecular weight excluding hydrogens is 332 g/mol. The smallest absolute Gasteiger partial charge is 0.301 e. The lowest BCUT2D eigenvalue weighted by Gasteiger charge is -2.14. The Morgan fingerprint density at radius 2 is 1.83 bits per heavy atom. The number of aromatic nitrogens is 1. The predicted octanol–water partition coefficient (Wildman–Crippen LogP) is 2.06. The molecule has 2 rings (SSSR count). The van der Waals surface area contributed by atoms with Crippen molar-refractivity contribution >= 4 is 27.4 Å². The number of hydrogen-bond acceptors (Lipinski definition) is 6. The molecule has 24 heavy (non-hydrogen) atoms. The zero-order chi connectivity index (χ0) is 17.7. The topological polar surface area (TPSA) is 92.8 Å². The second-order valence-corrected chi connectivity index (χ2v) is 6.90. The van der Waals surface area contributed by atoms with E-state index in [0.717, 1.165) is 4.31 Å². The fourth-order valence-electron chi connectivity index (χ4n) is 1.81. The average Bonchev–Trinajstić information content (AvgIpc) is 2.56. The van der Waals surface area contributed by atoms with E-state index in [1.54, 1.807) is 38.5 Å². The fraction of sp³-hybridized carbons (Fsp3) is 0.267. The minimum atomic E-state index is -3.55. The van der Waals surface area contributed by atoms with Gasteiger partial charge in [-0.15, -0.1) is 0 Å². The molecule has 0 bridgehead atoms. The number of nitrogens with one attached hydrogen (secondary N) is 2. The molecular formula is C15H20N4O4S. The third-order valence-corrected chi connectivity index (χ3v) is 4.62. The van der Waals surface area contributed by atoms with E-state index >= 15 is 0 Å². The quantitative estimate of drug-likeness (QED) is 0.792. The Labute approximate surface area is 141 Å². The fourth-order valence-corrected chi connectivity index (χ4v) is 2.41. The lowest BCUT2D eigenvalue weighted by Crippen LogP contribution is -2.28. The Morgan fingerprint density at radius 3 is 2.38 bits per heavy atom. The minimum Gasteiger partial charge on any atom is -0.497 e. The van der Waals surface area contributed by atoms with Crippen LogP contribution in [-0.4, -0.2) is 46.0 Å². The second kappa shape index (κ2) is 7.37. The Hall–Kier alpha value is -2.52. The summed E-state index contributed by atoms with van der Waals surface area (Å²) >= 11 is 0. The highest BCUT2D eigenvalue weighted by Gasteiger charge is 2.13. The minimum absolute atomic E-state index is 0.371. The zero-order valence-corrected chi connectivity index (χ0v) is 14.7. The highest BCUT2D eigenvalue weighted by Crippen LogP contribution is 2.31. The zero-order valence-electron chi connectivity index (χ0n) is 13.9. The van der Waals surface area contributed by atoms with Crippen LogP contribution in [-0.2, 0) is 10.2 Å². The number of ether oxygens (including phenoxy) is 2. The maximum atomic E-state index is 11.8. The molecule has 0 aliphatic rings. The molecule has 0 saturated carbocycles. The normalized spacial score (nSPS) is 11.2. The molecule has 2 aromatic rings. The van der Waals surface area contributed by atoms with Crippen LogP contribution in [0.1, 0.15) is 0 Å². The monoisotopic (exact) mass is 352 g/mol. The molecule has 0 aliphatic heterocycles. The van der Waals surface area contributed by atoms with Gasteiger partial charge in [0.15, 0.2) is 0 Å². The predicted molar refractivity (Wildman–Crippen MR) is 93.3 cm³/mol. The van der Waals surface area contributed by atoms with Crippen molar-refractivity contribution in [2.75, 3.05) is 38.4 Å². The third kappa shape index (κ3) is 4.27. The van der Waals surface area contributed by atoms with Crippen molar-refractivity contribution < 1.29 is 17.9 Å². The van der Waals surface area contributed by atoms with Gasteiger partial charge in [-0.05, 0) is 24.3 Å². The van der Waals surface area contributed by atoms with Crippen LogP contribution in [0.4, 0.5) is 17.2 Å². The van der Waals surface area contributed by atoms with Gasteiger partial charge >= 0.3 is 10.2 Å². The first-order valence-corrected chi connectivity index (χ1v) is 8.45. The number of nitrogens with zero attached hydrogens (tertiary/aromatic N) is 2. The summed E-state index contributed by atoms with van der Waals surface area (Å²) < 4.78 is 37.5. The summed E-state index contributed by atoms with van der Waals surface area (Å²) in [5.41, 5.74) is 1.09. The van der Waals surface area contributed by atoms with E-state index in [2.05, 4.69) is 15.0 Å². The third-order valence-electron chi connectivity index (χ3n) is 3.16. The van der Waals surface area contributed by atoms with Crippen LogP contribution in [0.15, 0.2) is 36.5 Å². The van der Waals surface area contributed by atoms with Crippen molar-refractivity contribution in [1.82, 2.24) is 9.29 Å². The van der Waals surface area contributed by atoms with Gasteiger partial charge in [0.05, 0.1) is 31.8 Å². The molecule has 1 heterocycles. The van der Waals surface area contributed by atoms with Gasteiger partial charge in [0.25, 0.3) is 0 Å². The summed E-state index contributed by atoms with van der Waals surface area (Å²) in [6.45, 7) is 0. The highest BCUT2D eigenvalue weighted by atomic mass is 32.2. The maximum absolute atomic E-state index is 11.8. The average molecular weight is 352 g/mol. The summed E-state index contributed by atoms with van der Waals surface area (Å²) in [5.74, 6) is 1.83. The van der Waals surface area contributed by atoms with E-state index < -0.39 is 10.2 Å². The maximum Gasteiger partial charge on any atom is 0.301 e. The van der Waals surface area contributed by atoms with Crippen LogP contribution >= 0.6 is 0 Å². The molecule has 0 radical (unpaired) electrons. The van der Waals surface area contributed by atoms with Gasteiger partial charge in [-0.1, -0.05) is 0 Å². The molecule has 0 amide bonds. The van der Waals surface area contributed by atoms with Crippen molar-refractivity contribution in [2.45, 2.75) is 0 Å². The van der Waals surface area contributed by atoms with Crippen molar-refractivity contribution in [3.63, 3.8) is 0 Å². The molecule has 1 aromatic heterocycles. The van der Waals surface area contributed by atoms with E-state index in [-0.39, 0.29) is 0 Å². The van der Waals surface area contributed by atoms with Gasteiger partial charge in [-0.3, -0.25) is 4.72 Å². The molecule has 0 aliphatic carbocycles. The van der Waals surface area contributed by atoms with Crippen LogP contribution in [0.5, 0.6) is 11.5 Å². The summed E-state index contributed by atoms with van der Waals surface area (Å²) in [6, 6.07) is 8.64. The lowest BCUT2D eigenvalue weighted by molar-refractivity contribution is 0.395. The van der Waals surface area contributed by atoms with E-state index in [0.29, 0.717) is 28.7 Å². The van der Waals surface area contributed by atoms with Crippen LogP contribution < -0.4 is 19.5 Å². The number of pyridine rings is 1. The van der Waals surface area contributed by atoms with Crippen molar-refractivity contribution in [3.8, 4) is 11.5 Å². The van der Waals surface area contributed by atoms with Gasteiger partial charge in [0.1, 0.15) is 17.3 Å². The van der Waals surface area contributed by atoms with Gasteiger partial charge in [0.2, 0.25) is 0 Å². The van der Waals surface area contributed by atoms with E-state index in [4.69, 9.17) is 9.47 Å². The van der Waals surface area contributed by atoms with Crippen molar-refractivity contribution in [1.29, 1.82) is 0 Å². The Bertz CT molecular complexity index is 792. The number of methoxy groups -OCH3 is 2. The second-order valence-electron chi connectivity index (χ2n) is 5.01. The molecule has 0 fully saturated rings. The van der Waals surface area contributed by atoms with Crippen LogP contribution in [0.25, 0.3) is 0 Å². The molecule has 0 spiro atoms. The molecule has 0 unspecified atom stereocenters. The molecule has 9 heteroatoms. The van der Waals surface area contributed by atoms with E-state index in [9.17, 15) is 8.42 Å². The SMILES string of the molecule is COc1ccc(Nc2ccc(NS(=O)(=O)N(C)C)cn2)c(OC)c1. The number of anilines is 3. The summed E-state index contributed by atoms with van der Waals surface area (Å²) in [6.07, 6.45) is 1.43. The molecule has 2 N–H and O–H groups in total. The highest BCUT2D eigenvalue weighted by molar-refractivity contribution is 7.90. The number of benzene rings is 1. The van der Waals surface area contributed by atoms with Crippen molar-refractivity contribution in [3.05, 3.63) is 36.5 Å². The van der Waals surface area contributed by atoms with Crippen molar-refractivity contribution in [2.24, 2.45) is 0 Å². The van der Waals surface area contributed by atoms with E-state index in [1.807, 2.05) is 6.07 Å². The molecule has 0 atom stereocenters. The van der Waals surface area contributed by atoms with Gasteiger partial charge in [0, 0.05) is 20.2 Å². The largest absolute Gasteiger partial charge is 0.497 e. The molecule has 130 valence electrons.